The van der Waals surface area contributed by atoms with Gasteiger partial charge >= 0.3 is 0 Å². The average molecular weight is 337 g/mol. The van der Waals surface area contributed by atoms with Crippen LogP contribution in [0.5, 0.6) is 5.75 Å². The van der Waals surface area contributed by atoms with Gasteiger partial charge in [-0.05, 0) is 25.5 Å². The fourth-order valence-corrected chi connectivity index (χ4v) is 2.85. The first-order valence-corrected chi connectivity index (χ1v) is 8.42. The van der Waals surface area contributed by atoms with Gasteiger partial charge in [-0.2, -0.15) is 4.98 Å². The molecule has 0 radical (unpaired) electrons. The summed E-state index contributed by atoms with van der Waals surface area (Å²) in [6, 6.07) is 18.2. The maximum atomic E-state index is 5.43. The van der Waals surface area contributed by atoms with Crippen LogP contribution in [0.4, 0.5) is 0 Å². The summed E-state index contributed by atoms with van der Waals surface area (Å²) in [7, 11) is 1.68. The van der Waals surface area contributed by atoms with E-state index in [4.69, 9.17) is 9.26 Å². The van der Waals surface area contributed by atoms with Gasteiger partial charge < -0.3 is 14.6 Å². The molecule has 0 aliphatic heterocycles. The van der Waals surface area contributed by atoms with Gasteiger partial charge in [-0.1, -0.05) is 53.7 Å². The molecule has 2 aromatic carbocycles. The molecule has 2 unspecified atom stereocenters. The number of methoxy groups -OCH3 is 1. The lowest BCUT2D eigenvalue weighted by molar-refractivity contribution is 0.366. The molecule has 0 amide bonds. The number of para-hydroxylation sites is 1. The van der Waals surface area contributed by atoms with E-state index in [1.54, 1.807) is 7.11 Å². The summed E-state index contributed by atoms with van der Waals surface area (Å²) in [4.78, 5) is 4.52. The third kappa shape index (κ3) is 4.25. The number of aromatic nitrogens is 2. The molecule has 3 rings (SSSR count). The predicted octanol–water partition coefficient (Wildman–Crippen LogP) is 4.08. The van der Waals surface area contributed by atoms with Gasteiger partial charge in [-0.15, -0.1) is 0 Å². The fraction of sp³-hybridized carbons (Fsp3) is 0.300. The highest BCUT2D eigenvalue weighted by Gasteiger charge is 2.18. The minimum atomic E-state index is -0.0341. The first-order chi connectivity index (χ1) is 12.2. The van der Waals surface area contributed by atoms with E-state index in [1.165, 1.54) is 0 Å². The number of rotatable bonds is 7. The normalized spacial score (nSPS) is 13.4. The van der Waals surface area contributed by atoms with Crippen LogP contribution in [-0.2, 0) is 6.42 Å². The highest BCUT2D eigenvalue weighted by molar-refractivity contribution is 5.35. The van der Waals surface area contributed by atoms with Crippen LogP contribution in [0.15, 0.2) is 59.1 Å². The summed E-state index contributed by atoms with van der Waals surface area (Å²) in [5.74, 6) is 2.15. The van der Waals surface area contributed by atoms with Crippen LogP contribution in [0.3, 0.4) is 0 Å². The van der Waals surface area contributed by atoms with Crippen molar-refractivity contribution in [2.75, 3.05) is 7.11 Å². The predicted molar refractivity (Wildman–Crippen MR) is 96.5 cm³/mol. The molecule has 0 bridgehead atoms. The largest absolute Gasteiger partial charge is 0.496 e. The van der Waals surface area contributed by atoms with E-state index in [-0.39, 0.29) is 12.1 Å². The Hall–Kier alpha value is -2.66. The Balaban J connectivity index is 1.66. The van der Waals surface area contributed by atoms with Crippen LogP contribution in [0.25, 0.3) is 0 Å². The van der Waals surface area contributed by atoms with Crippen LogP contribution in [0, 0.1) is 0 Å². The molecule has 2 atom stereocenters. The van der Waals surface area contributed by atoms with Gasteiger partial charge in [0, 0.05) is 11.6 Å². The van der Waals surface area contributed by atoms with Gasteiger partial charge in [0.2, 0.25) is 5.89 Å². The molecule has 5 nitrogen and oxygen atoms in total. The van der Waals surface area contributed by atoms with Gasteiger partial charge in [0.15, 0.2) is 5.82 Å². The summed E-state index contributed by atoms with van der Waals surface area (Å²) in [6.07, 6.45) is 0.641. The number of ether oxygens (including phenoxy) is 1. The van der Waals surface area contributed by atoms with E-state index in [1.807, 2.05) is 43.3 Å². The Bertz CT molecular complexity index is 801. The standard InChI is InChI=1S/C20H23N3O2/c1-14(17-11-7-8-12-18(17)24-3)21-15(2)20-22-19(25-23-20)13-16-9-5-4-6-10-16/h4-12,14-15,21H,13H2,1-3H3. The number of hydrogen-bond acceptors (Lipinski definition) is 5. The summed E-state index contributed by atoms with van der Waals surface area (Å²) in [5.41, 5.74) is 2.26. The van der Waals surface area contributed by atoms with Crippen molar-refractivity contribution in [1.82, 2.24) is 15.5 Å². The third-order valence-corrected chi connectivity index (χ3v) is 4.17. The number of nitrogens with one attached hydrogen (secondary N) is 1. The smallest absolute Gasteiger partial charge is 0.231 e. The molecule has 0 saturated heterocycles. The minimum Gasteiger partial charge on any atom is -0.496 e. The maximum absolute atomic E-state index is 5.43. The summed E-state index contributed by atoms with van der Waals surface area (Å²) < 4.78 is 10.8. The van der Waals surface area contributed by atoms with Crippen molar-refractivity contribution >= 4 is 0 Å². The molecule has 1 N–H and O–H groups in total. The fourth-order valence-electron chi connectivity index (χ4n) is 2.85. The van der Waals surface area contributed by atoms with Gasteiger partial charge in [-0.25, -0.2) is 0 Å². The van der Waals surface area contributed by atoms with Gasteiger partial charge in [0.25, 0.3) is 0 Å². The SMILES string of the molecule is COc1ccccc1C(C)NC(C)c1noc(Cc2ccccc2)n1. The summed E-state index contributed by atoms with van der Waals surface area (Å²) >= 11 is 0. The van der Waals surface area contributed by atoms with E-state index in [9.17, 15) is 0 Å². The second-order valence-electron chi connectivity index (χ2n) is 6.06. The Morgan fingerprint density at radius 2 is 1.72 bits per heavy atom. The van der Waals surface area contributed by atoms with E-state index >= 15 is 0 Å². The van der Waals surface area contributed by atoms with Crippen molar-refractivity contribution in [1.29, 1.82) is 0 Å². The molecule has 0 saturated carbocycles. The van der Waals surface area contributed by atoms with Gasteiger partial charge in [0.1, 0.15) is 5.75 Å². The highest BCUT2D eigenvalue weighted by atomic mass is 16.5. The maximum Gasteiger partial charge on any atom is 0.231 e. The lowest BCUT2D eigenvalue weighted by Gasteiger charge is -2.20. The highest BCUT2D eigenvalue weighted by Crippen LogP contribution is 2.26. The second-order valence-corrected chi connectivity index (χ2v) is 6.06. The first-order valence-electron chi connectivity index (χ1n) is 8.42. The van der Waals surface area contributed by atoms with Crippen molar-refractivity contribution in [2.24, 2.45) is 0 Å². The van der Waals surface area contributed by atoms with E-state index < -0.39 is 0 Å². The molecule has 0 aliphatic carbocycles. The van der Waals surface area contributed by atoms with Gasteiger partial charge in [0.05, 0.1) is 19.6 Å². The molecule has 1 heterocycles. The van der Waals surface area contributed by atoms with Crippen LogP contribution in [-0.4, -0.2) is 17.3 Å². The lowest BCUT2D eigenvalue weighted by atomic mass is 10.1. The van der Waals surface area contributed by atoms with E-state index in [0.717, 1.165) is 16.9 Å². The van der Waals surface area contributed by atoms with Gasteiger partial charge in [-0.3, -0.25) is 0 Å². The van der Waals surface area contributed by atoms with Crippen LogP contribution < -0.4 is 10.1 Å². The zero-order valence-corrected chi connectivity index (χ0v) is 14.8. The minimum absolute atomic E-state index is 0.0341. The molecule has 1 aromatic heterocycles. The number of hydrogen-bond donors (Lipinski definition) is 1. The quantitative estimate of drug-likeness (QED) is 0.704. The Morgan fingerprint density at radius 1 is 1.00 bits per heavy atom. The van der Waals surface area contributed by atoms with Crippen molar-refractivity contribution in [3.63, 3.8) is 0 Å². The molecule has 0 spiro atoms. The summed E-state index contributed by atoms with van der Waals surface area (Å²) in [5, 5.41) is 7.62. The molecule has 25 heavy (non-hydrogen) atoms. The van der Waals surface area contributed by atoms with Crippen molar-refractivity contribution in [2.45, 2.75) is 32.4 Å². The van der Waals surface area contributed by atoms with Crippen molar-refractivity contribution < 1.29 is 9.26 Å². The third-order valence-electron chi connectivity index (χ3n) is 4.17. The molecule has 5 heteroatoms. The monoisotopic (exact) mass is 337 g/mol. The second kappa shape index (κ2) is 7.94. The zero-order chi connectivity index (χ0) is 17.6. The van der Waals surface area contributed by atoms with Crippen LogP contribution >= 0.6 is 0 Å². The molecular formula is C20H23N3O2. The molecule has 0 fully saturated rings. The Labute approximate surface area is 148 Å². The van der Waals surface area contributed by atoms with Crippen LogP contribution in [0.1, 0.15) is 48.8 Å². The summed E-state index contributed by atoms with van der Waals surface area (Å²) in [6.45, 7) is 4.13. The number of nitrogens with zero attached hydrogens (tertiary/aromatic N) is 2. The lowest BCUT2D eigenvalue weighted by Crippen LogP contribution is -2.23. The average Bonchev–Trinajstić information content (AvgIpc) is 3.11. The molecule has 0 aliphatic rings. The Kier molecular flexibility index (Phi) is 5.46. The number of benzene rings is 2. The van der Waals surface area contributed by atoms with E-state index in [0.29, 0.717) is 18.1 Å². The Morgan fingerprint density at radius 3 is 2.48 bits per heavy atom. The molecule has 130 valence electrons. The van der Waals surface area contributed by atoms with Crippen molar-refractivity contribution in [3.05, 3.63) is 77.4 Å². The van der Waals surface area contributed by atoms with E-state index in [2.05, 4.69) is 40.6 Å². The molecule has 3 aromatic rings. The topological polar surface area (TPSA) is 60.2 Å². The first kappa shape index (κ1) is 17.2. The zero-order valence-electron chi connectivity index (χ0n) is 14.8. The van der Waals surface area contributed by atoms with Crippen molar-refractivity contribution in [3.8, 4) is 5.75 Å². The van der Waals surface area contributed by atoms with Crippen LogP contribution in [0.2, 0.25) is 0 Å². The molecular weight excluding hydrogens is 314 g/mol.